The zero-order chi connectivity index (χ0) is 18.8. The summed E-state index contributed by atoms with van der Waals surface area (Å²) in [4.78, 5) is 13.3. The first-order valence-electron chi connectivity index (χ1n) is 9.28. The quantitative estimate of drug-likeness (QED) is 0.462. The third kappa shape index (κ3) is 2.96. The van der Waals surface area contributed by atoms with E-state index in [0.717, 1.165) is 53.1 Å². The summed E-state index contributed by atoms with van der Waals surface area (Å²) in [5, 5.41) is 8.83. The summed E-state index contributed by atoms with van der Waals surface area (Å²) in [6.45, 7) is 1.69. The Morgan fingerprint density at radius 1 is 0.893 bits per heavy atom. The summed E-state index contributed by atoms with van der Waals surface area (Å²) in [6, 6.07) is 18.2. The Morgan fingerprint density at radius 3 is 2.68 bits per heavy atom. The van der Waals surface area contributed by atoms with Crippen LogP contribution in [0.4, 0.5) is 5.82 Å². The van der Waals surface area contributed by atoms with E-state index in [1.54, 1.807) is 6.33 Å². The van der Waals surface area contributed by atoms with Gasteiger partial charge in [0.2, 0.25) is 0 Å². The summed E-state index contributed by atoms with van der Waals surface area (Å²) < 4.78 is 4.01. The summed E-state index contributed by atoms with van der Waals surface area (Å²) >= 11 is 0. The van der Waals surface area contributed by atoms with Crippen molar-refractivity contribution in [3.63, 3.8) is 0 Å². The molecule has 3 heterocycles. The molecule has 1 N–H and O–H groups in total. The van der Waals surface area contributed by atoms with Crippen LogP contribution in [0, 0.1) is 0 Å². The molecule has 0 amide bonds. The largest absolute Gasteiger partial charge is 0.369 e. The van der Waals surface area contributed by atoms with Gasteiger partial charge >= 0.3 is 0 Å². The van der Waals surface area contributed by atoms with Gasteiger partial charge in [-0.25, -0.2) is 19.6 Å². The molecular formula is C21H19N7. The number of aryl methyl sites for hydroxylation is 1. The molecule has 0 saturated heterocycles. The van der Waals surface area contributed by atoms with Crippen molar-refractivity contribution < 1.29 is 0 Å². The number of hydrogen-bond donors (Lipinski definition) is 1. The van der Waals surface area contributed by atoms with Crippen LogP contribution in [0.3, 0.4) is 0 Å². The van der Waals surface area contributed by atoms with Gasteiger partial charge in [-0.2, -0.15) is 5.10 Å². The van der Waals surface area contributed by atoms with Crippen LogP contribution in [0.2, 0.25) is 0 Å². The van der Waals surface area contributed by atoms with E-state index in [1.165, 1.54) is 0 Å². The molecule has 28 heavy (non-hydrogen) atoms. The van der Waals surface area contributed by atoms with Crippen molar-refractivity contribution in [2.24, 2.45) is 0 Å². The van der Waals surface area contributed by atoms with Crippen LogP contribution >= 0.6 is 0 Å². The molecule has 0 aliphatic rings. The third-order valence-corrected chi connectivity index (χ3v) is 4.76. The lowest BCUT2D eigenvalue weighted by Gasteiger charge is -2.08. The molecule has 0 saturated carbocycles. The Morgan fingerprint density at radius 2 is 1.75 bits per heavy atom. The molecule has 0 aliphatic heterocycles. The first-order chi connectivity index (χ1) is 13.9. The fraction of sp³-hybridized carbons (Fsp3) is 0.143. The SMILES string of the molecule is c1ccc(-n2ncc3c(NCCCn4cnc5ccccc54)ncnc32)cc1. The monoisotopic (exact) mass is 369 g/mol. The van der Waals surface area contributed by atoms with Gasteiger partial charge in [-0.3, -0.25) is 0 Å². The number of para-hydroxylation sites is 3. The number of hydrogen-bond acceptors (Lipinski definition) is 5. The highest BCUT2D eigenvalue weighted by Gasteiger charge is 2.10. The van der Waals surface area contributed by atoms with Gasteiger partial charge in [0.25, 0.3) is 0 Å². The fourth-order valence-corrected chi connectivity index (χ4v) is 3.39. The first-order valence-corrected chi connectivity index (χ1v) is 9.28. The number of benzene rings is 2. The molecule has 138 valence electrons. The molecule has 5 rings (SSSR count). The van der Waals surface area contributed by atoms with E-state index in [0.29, 0.717) is 0 Å². The lowest BCUT2D eigenvalue weighted by molar-refractivity contribution is 0.677. The van der Waals surface area contributed by atoms with Crippen molar-refractivity contribution in [3.8, 4) is 5.69 Å². The molecule has 7 heteroatoms. The van der Waals surface area contributed by atoms with Gasteiger partial charge in [0.1, 0.15) is 12.1 Å². The molecule has 0 atom stereocenters. The van der Waals surface area contributed by atoms with Crippen molar-refractivity contribution in [1.29, 1.82) is 0 Å². The van der Waals surface area contributed by atoms with Gasteiger partial charge in [0.15, 0.2) is 5.65 Å². The molecule has 0 fully saturated rings. The molecule has 0 spiro atoms. The topological polar surface area (TPSA) is 73.5 Å². The number of nitrogens with zero attached hydrogens (tertiary/aromatic N) is 6. The van der Waals surface area contributed by atoms with Gasteiger partial charge in [-0.15, -0.1) is 0 Å². The predicted molar refractivity (Wildman–Crippen MR) is 109 cm³/mol. The highest BCUT2D eigenvalue weighted by atomic mass is 15.3. The minimum atomic E-state index is 0.796. The van der Waals surface area contributed by atoms with E-state index < -0.39 is 0 Å². The van der Waals surface area contributed by atoms with Crippen molar-refractivity contribution in [3.05, 3.63) is 73.4 Å². The standard InChI is InChI=1S/C21H19N7/c1-2-7-16(8-3-1)28-21-17(13-26-28)20(23-14-24-21)22-11-6-12-27-15-25-18-9-4-5-10-19(18)27/h1-5,7-10,13-15H,6,11-12H2,(H,22,23,24). The van der Waals surface area contributed by atoms with Crippen LogP contribution in [0.1, 0.15) is 6.42 Å². The Kier molecular flexibility index (Phi) is 4.17. The van der Waals surface area contributed by atoms with Crippen molar-refractivity contribution >= 4 is 27.9 Å². The van der Waals surface area contributed by atoms with E-state index >= 15 is 0 Å². The van der Waals surface area contributed by atoms with Crippen LogP contribution in [-0.4, -0.2) is 35.8 Å². The number of nitrogens with one attached hydrogen (secondary N) is 1. The second-order valence-electron chi connectivity index (χ2n) is 6.56. The second-order valence-corrected chi connectivity index (χ2v) is 6.56. The van der Waals surface area contributed by atoms with Crippen molar-refractivity contribution in [2.45, 2.75) is 13.0 Å². The van der Waals surface area contributed by atoms with E-state index in [4.69, 9.17) is 0 Å². The maximum Gasteiger partial charge on any atom is 0.168 e. The zero-order valence-corrected chi connectivity index (χ0v) is 15.2. The Bertz CT molecular complexity index is 1220. The molecular weight excluding hydrogens is 350 g/mol. The summed E-state index contributed by atoms with van der Waals surface area (Å²) in [7, 11) is 0. The predicted octanol–water partition coefficient (Wildman–Crippen LogP) is 3.67. The molecule has 3 aromatic heterocycles. The highest BCUT2D eigenvalue weighted by molar-refractivity contribution is 5.87. The van der Waals surface area contributed by atoms with E-state index in [2.05, 4.69) is 36.0 Å². The number of anilines is 1. The summed E-state index contributed by atoms with van der Waals surface area (Å²) in [5.74, 6) is 0.808. The first kappa shape index (κ1) is 16.4. The van der Waals surface area contributed by atoms with E-state index in [1.807, 2.05) is 65.7 Å². The number of rotatable bonds is 6. The molecule has 0 unspecified atom stereocenters. The average Bonchev–Trinajstić information content (AvgIpc) is 3.37. The van der Waals surface area contributed by atoms with Crippen molar-refractivity contribution in [2.75, 3.05) is 11.9 Å². The Labute approximate surface area is 161 Å². The van der Waals surface area contributed by atoms with Crippen LogP contribution < -0.4 is 5.32 Å². The Hall–Kier alpha value is -3.74. The van der Waals surface area contributed by atoms with E-state index in [-0.39, 0.29) is 0 Å². The smallest absolute Gasteiger partial charge is 0.168 e. The minimum absolute atomic E-state index is 0.796. The molecule has 7 nitrogen and oxygen atoms in total. The second kappa shape index (κ2) is 7.11. The van der Waals surface area contributed by atoms with Crippen LogP contribution in [0.5, 0.6) is 0 Å². The normalized spacial score (nSPS) is 11.3. The van der Waals surface area contributed by atoms with Gasteiger partial charge in [0, 0.05) is 13.1 Å². The summed E-state index contributed by atoms with van der Waals surface area (Å²) in [6.07, 6.45) is 6.25. The number of fused-ring (bicyclic) bond motifs is 2. The van der Waals surface area contributed by atoms with Gasteiger partial charge in [0.05, 0.1) is 34.6 Å². The van der Waals surface area contributed by atoms with E-state index in [9.17, 15) is 0 Å². The lowest BCUT2D eigenvalue weighted by atomic mass is 10.3. The molecule has 0 radical (unpaired) electrons. The zero-order valence-electron chi connectivity index (χ0n) is 15.2. The number of aromatic nitrogens is 6. The van der Waals surface area contributed by atoms with Gasteiger partial charge < -0.3 is 9.88 Å². The summed E-state index contributed by atoms with van der Waals surface area (Å²) in [5.41, 5.74) is 3.97. The third-order valence-electron chi connectivity index (χ3n) is 4.76. The maximum absolute atomic E-state index is 4.49. The van der Waals surface area contributed by atoms with Gasteiger partial charge in [-0.05, 0) is 30.7 Å². The van der Waals surface area contributed by atoms with Crippen molar-refractivity contribution in [1.82, 2.24) is 29.3 Å². The molecule has 0 aliphatic carbocycles. The average molecular weight is 369 g/mol. The van der Waals surface area contributed by atoms with Crippen LogP contribution in [-0.2, 0) is 6.54 Å². The Balaban J connectivity index is 1.30. The van der Waals surface area contributed by atoms with Crippen LogP contribution in [0.25, 0.3) is 27.8 Å². The highest BCUT2D eigenvalue weighted by Crippen LogP contribution is 2.21. The maximum atomic E-state index is 4.49. The lowest BCUT2D eigenvalue weighted by Crippen LogP contribution is -2.08. The molecule has 2 aromatic carbocycles. The fourth-order valence-electron chi connectivity index (χ4n) is 3.39. The molecule has 5 aromatic rings. The van der Waals surface area contributed by atoms with Crippen LogP contribution in [0.15, 0.2) is 73.4 Å². The number of imidazole rings is 1. The minimum Gasteiger partial charge on any atom is -0.369 e. The molecule has 0 bridgehead atoms. The van der Waals surface area contributed by atoms with Gasteiger partial charge in [-0.1, -0.05) is 30.3 Å².